The third-order valence-corrected chi connectivity index (χ3v) is 5.19. The highest BCUT2D eigenvalue weighted by molar-refractivity contribution is 6.30. The summed E-state index contributed by atoms with van der Waals surface area (Å²) in [5, 5.41) is 7.38. The molecule has 3 rings (SSSR count). The minimum atomic E-state index is -0.380. The summed E-state index contributed by atoms with van der Waals surface area (Å²) in [6.45, 7) is 2.71. The first-order valence-electron chi connectivity index (χ1n) is 11.4. The fourth-order valence-corrected chi connectivity index (χ4v) is 3.28. The van der Waals surface area contributed by atoms with Crippen molar-refractivity contribution >= 4 is 35.3 Å². The quantitative estimate of drug-likeness (QED) is 0.258. The normalized spacial score (nSPS) is 10.6. The van der Waals surface area contributed by atoms with Crippen molar-refractivity contribution in [3.05, 3.63) is 82.9 Å². The van der Waals surface area contributed by atoms with Gasteiger partial charge in [0.15, 0.2) is 11.5 Å². The summed E-state index contributed by atoms with van der Waals surface area (Å²) in [6, 6.07) is 19.8. The van der Waals surface area contributed by atoms with Gasteiger partial charge in [-0.15, -0.1) is 0 Å². The van der Waals surface area contributed by atoms with Crippen LogP contribution >= 0.6 is 11.6 Å². The van der Waals surface area contributed by atoms with Crippen molar-refractivity contribution in [1.29, 1.82) is 0 Å². The van der Waals surface area contributed by atoms with Crippen molar-refractivity contribution < 1.29 is 23.8 Å². The van der Waals surface area contributed by atoms with Crippen molar-refractivity contribution in [2.75, 3.05) is 19.0 Å². The van der Waals surface area contributed by atoms with Crippen LogP contribution < -0.4 is 25.0 Å². The highest BCUT2D eigenvalue weighted by atomic mass is 35.5. The maximum atomic E-state index is 12.2. The predicted molar refractivity (Wildman–Crippen MR) is 140 cm³/mol. The summed E-state index contributed by atoms with van der Waals surface area (Å²) in [5.41, 5.74) is 4.68. The van der Waals surface area contributed by atoms with Gasteiger partial charge >= 0.3 is 0 Å². The second-order valence-corrected chi connectivity index (χ2v) is 8.03. The topological polar surface area (TPSA) is 98.2 Å². The van der Waals surface area contributed by atoms with Crippen molar-refractivity contribution in [2.24, 2.45) is 5.10 Å². The summed E-state index contributed by atoms with van der Waals surface area (Å²) >= 11 is 5.92. The first-order valence-corrected chi connectivity index (χ1v) is 11.7. The molecule has 2 amide bonds. The number of ether oxygens (including phenoxy) is 3. The zero-order valence-corrected chi connectivity index (χ0v) is 20.9. The molecule has 2 N–H and O–H groups in total. The zero-order valence-electron chi connectivity index (χ0n) is 20.1. The van der Waals surface area contributed by atoms with E-state index in [-0.39, 0.29) is 24.7 Å². The van der Waals surface area contributed by atoms with E-state index in [9.17, 15) is 9.59 Å². The molecule has 3 aromatic rings. The lowest BCUT2D eigenvalue weighted by Crippen LogP contribution is -2.20. The highest BCUT2D eigenvalue weighted by Crippen LogP contribution is 2.29. The predicted octanol–water partition coefficient (Wildman–Crippen LogP) is 5.20. The number of anilines is 1. The second-order valence-electron chi connectivity index (χ2n) is 7.60. The van der Waals surface area contributed by atoms with E-state index in [2.05, 4.69) is 15.8 Å². The molecule has 0 fully saturated rings. The van der Waals surface area contributed by atoms with E-state index in [0.29, 0.717) is 46.7 Å². The number of rotatable bonds is 12. The molecule has 0 aliphatic rings. The molecule has 9 heteroatoms. The number of nitrogens with zero attached hydrogens (tertiary/aromatic N) is 1. The van der Waals surface area contributed by atoms with E-state index in [4.69, 9.17) is 25.8 Å². The lowest BCUT2D eigenvalue weighted by molar-refractivity contribution is -0.124. The highest BCUT2D eigenvalue weighted by Gasteiger charge is 2.10. The van der Waals surface area contributed by atoms with E-state index >= 15 is 0 Å². The number of benzene rings is 3. The number of nitrogens with one attached hydrogen (secondary N) is 2. The number of amides is 2. The Morgan fingerprint density at radius 3 is 2.42 bits per heavy atom. The van der Waals surface area contributed by atoms with E-state index < -0.39 is 0 Å². The van der Waals surface area contributed by atoms with Crippen LogP contribution in [0.25, 0.3) is 0 Å². The van der Waals surface area contributed by atoms with Crippen molar-refractivity contribution in [3.63, 3.8) is 0 Å². The summed E-state index contributed by atoms with van der Waals surface area (Å²) in [6.07, 6.45) is 1.49. The van der Waals surface area contributed by atoms with Crippen LogP contribution in [-0.4, -0.2) is 31.7 Å². The van der Waals surface area contributed by atoms with E-state index in [0.717, 1.165) is 5.56 Å². The molecule has 0 saturated carbocycles. The number of carbonyl (C=O) groups excluding carboxylic acids is 2. The van der Waals surface area contributed by atoms with Crippen LogP contribution in [0.2, 0.25) is 5.02 Å². The molecule has 0 unspecified atom stereocenters. The molecule has 0 spiro atoms. The van der Waals surface area contributed by atoms with Crippen molar-refractivity contribution in [2.45, 2.75) is 26.4 Å². The van der Waals surface area contributed by atoms with Gasteiger partial charge in [0.25, 0.3) is 0 Å². The molecule has 0 radical (unpaired) electrons. The molecule has 0 atom stereocenters. The lowest BCUT2D eigenvalue weighted by atomic mass is 10.2. The number of hydrazone groups is 1. The van der Waals surface area contributed by atoms with Gasteiger partial charge in [-0.05, 0) is 60.5 Å². The number of carbonyl (C=O) groups is 2. The fraction of sp³-hybridized carbons (Fsp3) is 0.222. The Morgan fingerprint density at radius 2 is 1.67 bits per heavy atom. The number of methoxy groups -OCH3 is 1. The Hall–Kier alpha value is -4.04. The Balaban J connectivity index is 1.49. The Kier molecular flexibility index (Phi) is 10.1. The number of hydrogen-bond acceptors (Lipinski definition) is 6. The second kappa shape index (κ2) is 13.7. The van der Waals surface area contributed by atoms with Crippen LogP contribution in [0.4, 0.5) is 5.69 Å². The third-order valence-electron chi connectivity index (χ3n) is 4.94. The van der Waals surface area contributed by atoms with Crippen LogP contribution in [0, 0.1) is 0 Å². The van der Waals surface area contributed by atoms with Gasteiger partial charge in [0.05, 0.1) is 25.6 Å². The van der Waals surface area contributed by atoms with Gasteiger partial charge in [0.1, 0.15) is 12.4 Å². The van der Waals surface area contributed by atoms with Crippen molar-refractivity contribution in [3.8, 4) is 17.2 Å². The minimum Gasteiger partial charge on any atom is -0.495 e. The third kappa shape index (κ3) is 8.32. The number of halogens is 1. The molecule has 8 nitrogen and oxygen atoms in total. The smallest absolute Gasteiger partial charge is 0.240 e. The molecular weight excluding hydrogens is 482 g/mol. The summed E-state index contributed by atoms with van der Waals surface area (Å²) in [7, 11) is 1.52. The fourth-order valence-electron chi connectivity index (χ4n) is 3.16. The number of para-hydroxylation sites is 2. The van der Waals surface area contributed by atoms with Gasteiger partial charge in [-0.3, -0.25) is 9.59 Å². The first-order chi connectivity index (χ1) is 17.5. The monoisotopic (exact) mass is 509 g/mol. The van der Waals surface area contributed by atoms with Gasteiger partial charge in [0, 0.05) is 17.9 Å². The summed E-state index contributed by atoms with van der Waals surface area (Å²) in [5.74, 6) is 1.03. The molecule has 0 aliphatic heterocycles. The molecule has 0 saturated heterocycles. The Labute approximate surface area is 215 Å². The largest absolute Gasteiger partial charge is 0.495 e. The maximum Gasteiger partial charge on any atom is 0.240 e. The minimum absolute atomic E-state index is 0.00749. The van der Waals surface area contributed by atoms with Crippen molar-refractivity contribution in [1.82, 2.24) is 5.43 Å². The first kappa shape index (κ1) is 26.6. The molecule has 0 bridgehead atoms. The Morgan fingerprint density at radius 1 is 0.917 bits per heavy atom. The van der Waals surface area contributed by atoms with Crippen LogP contribution in [0.5, 0.6) is 17.2 Å². The van der Waals surface area contributed by atoms with E-state index in [1.54, 1.807) is 42.5 Å². The maximum absolute atomic E-state index is 12.2. The van der Waals surface area contributed by atoms with E-state index in [1.165, 1.54) is 13.3 Å². The number of hydrogen-bond donors (Lipinski definition) is 2. The van der Waals surface area contributed by atoms with Gasteiger partial charge in [-0.1, -0.05) is 35.9 Å². The van der Waals surface area contributed by atoms with Gasteiger partial charge in [-0.25, -0.2) is 5.43 Å². The molecule has 0 aliphatic carbocycles. The molecule has 188 valence electrons. The molecule has 36 heavy (non-hydrogen) atoms. The molecular formula is C27H28ClN3O5. The average molecular weight is 510 g/mol. The zero-order chi connectivity index (χ0) is 25.8. The summed E-state index contributed by atoms with van der Waals surface area (Å²) in [4.78, 5) is 24.2. The van der Waals surface area contributed by atoms with Crippen LogP contribution in [0.15, 0.2) is 71.8 Å². The van der Waals surface area contributed by atoms with E-state index in [1.807, 2.05) is 31.2 Å². The Bertz CT molecular complexity index is 1200. The van der Waals surface area contributed by atoms with Gasteiger partial charge in [-0.2, -0.15) is 5.10 Å². The molecule has 0 heterocycles. The molecule has 0 aromatic heterocycles. The van der Waals surface area contributed by atoms with Crippen LogP contribution in [0.3, 0.4) is 0 Å². The van der Waals surface area contributed by atoms with Gasteiger partial charge < -0.3 is 19.5 Å². The standard InChI is InChI=1S/C27H28ClN3O5/c1-3-35-25-16-20(10-13-24(25)36-18-19-8-11-21(28)12-9-19)17-29-31-27(33)15-14-26(32)30-22-6-4-5-7-23(22)34-2/h4-13,16-17H,3,14-15,18H2,1-2H3,(H,30,32)(H,31,33). The lowest BCUT2D eigenvalue weighted by Gasteiger charge is -2.12. The van der Waals surface area contributed by atoms with Gasteiger partial charge in [0.2, 0.25) is 11.8 Å². The van der Waals surface area contributed by atoms with Crippen LogP contribution in [-0.2, 0) is 16.2 Å². The summed E-state index contributed by atoms with van der Waals surface area (Å²) < 4.78 is 16.8. The van der Waals surface area contributed by atoms with Crippen LogP contribution in [0.1, 0.15) is 30.9 Å². The average Bonchev–Trinajstić information content (AvgIpc) is 2.88. The molecule has 3 aromatic carbocycles. The SMILES string of the molecule is CCOc1cc(C=NNC(=O)CCC(=O)Nc2ccccc2OC)ccc1OCc1ccc(Cl)cc1.